The highest BCUT2D eigenvalue weighted by Gasteiger charge is 2.35. The van der Waals surface area contributed by atoms with Crippen molar-refractivity contribution in [3.8, 4) is 22.6 Å². The normalized spacial score (nSPS) is 12.2. The van der Waals surface area contributed by atoms with Crippen LogP contribution >= 0.6 is 0 Å². The first-order valence-corrected chi connectivity index (χ1v) is 11.4. The number of alkyl halides is 3. The van der Waals surface area contributed by atoms with Crippen LogP contribution in [0.1, 0.15) is 12.5 Å². The Morgan fingerprint density at radius 3 is 2.28 bits per heavy atom. The summed E-state index contributed by atoms with van der Waals surface area (Å²) in [7, 11) is -2.76. The second-order valence-corrected chi connectivity index (χ2v) is 10.0. The van der Waals surface area contributed by atoms with Crippen molar-refractivity contribution in [2.75, 3.05) is 0 Å². The Morgan fingerprint density at radius 1 is 1.03 bits per heavy atom. The lowest BCUT2D eigenvalue weighted by Crippen LogP contribution is -2.47. The van der Waals surface area contributed by atoms with Crippen LogP contribution in [-0.2, 0) is 13.2 Å². The van der Waals surface area contributed by atoms with Crippen molar-refractivity contribution in [3.63, 3.8) is 0 Å². The van der Waals surface area contributed by atoms with E-state index in [0.29, 0.717) is 12.1 Å². The van der Waals surface area contributed by atoms with Crippen LogP contribution < -0.4 is 15.5 Å². The van der Waals surface area contributed by atoms with E-state index >= 15 is 0 Å². The Bertz CT molecular complexity index is 1220. The number of ether oxygens (including phenoxy) is 1. The van der Waals surface area contributed by atoms with Crippen LogP contribution in [-0.4, -0.2) is 22.7 Å². The van der Waals surface area contributed by atoms with Gasteiger partial charge in [0.2, 0.25) is 0 Å². The van der Waals surface area contributed by atoms with E-state index in [1.165, 1.54) is 25.1 Å². The molecule has 2 aromatic carbocycles. The summed E-state index contributed by atoms with van der Waals surface area (Å²) in [5.74, 6) is -2.42. The monoisotopic (exact) mass is 471 g/mol. The van der Waals surface area contributed by atoms with Crippen molar-refractivity contribution in [1.82, 2.24) is 4.57 Å². The van der Waals surface area contributed by atoms with Crippen molar-refractivity contribution >= 4 is 13.7 Å². The number of pyridine rings is 1. The van der Waals surface area contributed by atoms with E-state index in [-0.39, 0.29) is 28.1 Å². The summed E-state index contributed by atoms with van der Waals surface area (Å²) in [6.45, 7) is 1.54. The zero-order valence-electron chi connectivity index (χ0n) is 16.9. The topological polar surface area (TPSA) is 71.7 Å². The minimum atomic E-state index is -4.94. The first-order valence-electron chi connectivity index (χ1n) is 9.34. The van der Waals surface area contributed by atoms with Gasteiger partial charge in [0.05, 0.1) is 0 Å². The second kappa shape index (κ2) is 8.49. The SMILES string of the molecule is CC[Si](O)(O)c1ccc(Oc2ccc(F)cc2F)c(-c2cc(C(F)(F)F)c(=O)n(C)c2)c1. The van der Waals surface area contributed by atoms with Crippen LogP contribution in [0.3, 0.4) is 0 Å². The van der Waals surface area contributed by atoms with E-state index in [1.807, 2.05) is 0 Å². The smallest absolute Gasteiger partial charge is 0.421 e. The first kappa shape index (κ1) is 23.6. The summed E-state index contributed by atoms with van der Waals surface area (Å²) in [6.07, 6.45) is -3.82. The second-order valence-electron chi connectivity index (χ2n) is 7.11. The molecule has 0 aliphatic carbocycles. The van der Waals surface area contributed by atoms with E-state index in [2.05, 4.69) is 0 Å². The molecule has 0 saturated heterocycles. The standard InChI is InChI=1S/C21H18F5NO4Si/c1-3-32(29,30)14-5-7-18(31-19-6-4-13(22)9-17(19)23)15(10-14)12-8-16(21(24,25)26)20(28)27(2)11-12/h4-11,29-30H,3H2,1-2H3. The van der Waals surface area contributed by atoms with Crippen molar-refractivity contribution < 1.29 is 36.3 Å². The molecule has 2 N–H and O–H groups in total. The number of aryl methyl sites for hydroxylation is 1. The summed E-state index contributed by atoms with van der Waals surface area (Å²) in [6, 6.07) is 6.92. The van der Waals surface area contributed by atoms with Gasteiger partial charge in [-0.15, -0.1) is 0 Å². The van der Waals surface area contributed by atoms with Crippen molar-refractivity contribution in [1.29, 1.82) is 0 Å². The zero-order chi connectivity index (χ0) is 23.8. The molecule has 0 radical (unpaired) electrons. The molecule has 0 saturated carbocycles. The minimum Gasteiger partial charge on any atom is -0.454 e. The molecule has 170 valence electrons. The molecule has 3 rings (SSSR count). The molecule has 0 fully saturated rings. The third-order valence-electron chi connectivity index (χ3n) is 4.85. The van der Waals surface area contributed by atoms with Gasteiger partial charge in [0.15, 0.2) is 11.6 Å². The van der Waals surface area contributed by atoms with Gasteiger partial charge in [0.25, 0.3) is 5.56 Å². The van der Waals surface area contributed by atoms with Gasteiger partial charge in [0.1, 0.15) is 17.1 Å². The predicted molar refractivity (Wildman–Crippen MR) is 109 cm³/mol. The van der Waals surface area contributed by atoms with Gasteiger partial charge in [-0.25, -0.2) is 8.78 Å². The van der Waals surface area contributed by atoms with Crippen LogP contribution in [0.2, 0.25) is 6.04 Å². The third-order valence-corrected chi connectivity index (χ3v) is 7.07. The maximum absolute atomic E-state index is 14.1. The Balaban J connectivity index is 2.25. The van der Waals surface area contributed by atoms with Crippen LogP contribution in [0, 0.1) is 11.6 Å². The lowest BCUT2D eigenvalue weighted by atomic mass is 10.0. The highest BCUT2D eigenvalue weighted by atomic mass is 28.4. The summed E-state index contributed by atoms with van der Waals surface area (Å²) in [5, 5.41) is 0.0735. The third kappa shape index (κ3) is 4.74. The van der Waals surface area contributed by atoms with Crippen LogP contribution in [0.25, 0.3) is 11.1 Å². The largest absolute Gasteiger partial charge is 0.454 e. The summed E-state index contributed by atoms with van der Waals surface area (Å²) < 4.78 is 73.7. The molecule has 0 spiro atoms. The Kier molecular flexibility index (Phi) is 6.27. The Morgan fingerprint density at radius 2 is 1.69 bits per heavy atom. The van der Waals surface area contributed by atoms with Gasteiger partial charge in [-0.1, -0.05) is 13.0 Å². The predicted octanol–water partition coefficient (Wildman–Crippen LogP) is 3.80. The summed E-state index contributed by atoms with van der Waals surface area (Å²) >= 11 is 0. The Hall–Kier alpha value is -3.02. The molecule has 1 aromatic heterocycles. The van der Waals surface area contributed by atoms with Gasteiger partial charge in [0, 0.05) is 30.4 Å². The zero-order valence-corrected chi connectivity index (χ0v) is 17.9. The molecule has 1 heterocycles. The van der Waals surface area contributed by atoms with E-state index in [0.717, 1.165) is 29.9 Å². The number of hydrogen-bond donors (Lipinski definition) is 2. The van der Waals surface area contributed by atoms with E-state index < -0.39 is 43.2 Å². The fourth-order valence-corrected chi connectivity index (χ4v) is 4.17. The molecule has 0 bridgehead atoms. The average Bonchev–Trinajstić information content (AvgIpc) is 2.71. The molecule has 0 aliphatic heterocycles. The molecule has 0 aliphatic rings. The highest BCUT2D eigenvalue weighted by molar-refractivity contribution is 6.78. The molecular formula is C21H18F5NO4Si. The number of halogens is 5. The molecule has 11 heteroatoms. The fourth-order valence-electron chi connectivity index (χ4n) is 3.04. The van der Waals surface area contributed by atoms with Gasteiger partial charge >= 0.3 is 14.7 Å². The maximum atomic E-state index is 14.1. The summed E-state index contributed by atoms with van der Waals surface area (Å²) in [4.78, 5) is 32.6. The molecule has 32 heavy (non-hydrogen) atoms. The number of benzene rings is 2. The number of nitrogens with zero attached hydrogens (tertiary/aromatic N) is 1. The molecule has 5 nitrogen and oxygen atoms in total. The minimum absolute atomic E-state index is 0.000308. The first-order chi connectivity index (χ1) is 14.8. The van der Waals surface area contributed by atoms with Crippen LogP contribution in [0.4, 0.5) is 22.0 Å². The lowest BCUT2D eigenvalue weighted by Gasteiger charge is -2.20. The molecule has 0 unspecified atom stereocenters. The Labute approximate surface area is 180 Å². The molecule has 3 aromatic rings. The van der Waals surface area contributed by atoms with Gasteiger partial charge < -0.3 is 18.9 Å². The summed E-state index contributed by atoms with van der Waals surface area (Å²) in [5.41, 5.74) is -2.87. The number of hydrogen-bond acceptors (Lipinski definition) is 4. The van der Waals surface area contributed by atoms with E-state index in [4.69, 9.17) is 4.74 Å². The van der Waals surface area contributed by atoms with E-state index in [9.17, 15) is 36.3 Å². The highest BCUT2D eigenvalue weighted by Crippen LogP contribution is 2.36. The number of aromatic nitrogens is 1. The van der Waals surface area contributed by atoms with Crippen LogP contribution in [0.15, 0.2) is 53.5 Å². The molecule has 0 atom stereocenters. The number of rotatable bonds is 5. The van der Waals surface area contributed by atoms with Crippen molar-refractivity contribution in [3.05, 3.63) is 76.2 Å². The van der Waals surface area contributed by atoms with Crippen LogP contribution in [0.5, 0.6) is 11.5 Å². The van der Waals surface area contributed by atoms with Gasteiger partial charge in [-0.3, -0.25) is 4.79 Å². The average molecular weight is 471 g/mol. The fraction of sp³-hybridized carbons (Fsp3) is 0.190. The maximum Gasteiger partial charge on any atom is 0.421 e. The van der Waals surface area contributed by atoms with Crippen molar-refractivity contribution in [2.24, 2.45) is 7.05 Å². The van der Waals surface area contributed by atoms with E-state index in [1.54, 1.807) is 0 Å². The lowest BCUT2D eigenvalue weighted by molar-refractivity contribution is -0.138. The molecule has 0 amide bonds. The van der Waals surface area contributed by atoms with Gasteiger partial charge in [-0.05, 0) is 41.6 Å². The van der Waals surface area contributed by atoms with Gasteiger partial charge in [-0.2, -0.15) is 13.2 Å². The van der Waals surface area contributed by atoms with Crippen molar-refractivity contribution in [2.45, 2.75) is 19.1 Å². The quantitative estimate of drug-likeness (QED) is 0.439. The molecular weight excluding hydrogens is 453 g/mol.